The van der Waals surface area contributed by atoms with Crippen LogP contribution in [-0.4, -0.2) is 5.97 Å². The van der Waals surface area contributed by atoms with Crippen molar-refractivity contribution in [2.24, 2.45) is 17.2 Å². The zero-order chi connectivity index (χ0) is 33.1. The van der Waals surface area contributed by atoms with Crippen LogP contribution in [0.3, 0.4) is 0 Å². The first-order valence-electron chi connectivity index (χ1n) is 20.7. The van der Waals surface area contributed by atoms with E-state index in [9.17, 15) is 4.79 Å². The summed E-state index contributed by atoms with van der Waals surface area (Å²) in [7, 11) is 0. The van der Waals surface area contributed by atoms with Gasteiger partial charge in [0.25, 0.3) is 0 Å². The summed E-state index contributed by atoms with van der Waals surface area (Å²) < 4.78 is 0. The van der Waals surface area contributed by atoms with Gasteiger partial charge < -0.3 is 4.84 Å². The SMILES string of the molecule is CCCCCCCC/C=C\CCCCCC(CCCCCCCC)C(CCCCCCCC)(CCCCCCCC)C(=O)ON. The van der Waals surface area contributed by atoms with Crippen molar-refractivity contribution in [1.29, 1.82) is 0 Å². The van der Waals surface area contributed by atoms with E-state index < -0.39 is 5.41 Å². The van der Waals surface area contributed by atoms with Crippen molar-refractivity contribution in [2.75, 3.05) is 0 Å². The van der Waals surface area contributed by atoms with Gasteiger partial charge in [-0.1, -0.05) is 200 Å². The number of unbranched alkanes of at least 4 members (excludes halogenated alkanes) is 24. The van der Waals surface area contributed by atoms with Crippen LogP contribution in [0.2, 0.25) is 0 Å². The highest BCUT2D eigenvalue weighted by molar-refractivity contribution is 5.77. The molecule has 0 aromatic rings. The minimum Gasteiger partial charge on any atom is -0.373 e. The normalized spacial score (nSPS) is 12.7. The van der Waals surface area contributed by atoms with E-state index in [0.29, 0.717) is 5.92 Å². The van der Waals surface area contributed by atoms with Gasteiger partial charge in [-0.15, -0.1) is 0 Å². The van der Waals surface area contributed by atoms with Gasteiger partial charge in [0.05, 0.1) is 5.41 Å². The largest absolute Gasteiger partial charge is 0.373 e. The van der Waals surface area contributed by atoms with E-state index in [4.69, 9.17) is 10.7 Å². The molecule has 45 heavy (non-hydrogen) atoms. The molecule has 268 valence electrons. The number of carbonyl (C=O) groups excluding carboxylic acids is 1. The first kappa shape index (κ1) is 44.2. The predicted octanol–water partition coefficient (Wildman–Crippen LogP) is 14.5. The molecule has 0 spiro atoms. The van der Waals surface area contributed by atoms with Crippen LogP contribution in [0.15, 0.2) is 12.2 Å². The van der Waals surface area contributed by atoms with Crippen LogP contribution in [-0.2, 0) is 9.63 Å². The molecule has 0 amide bonds. The number of allylic oxidation sites excluding steroid dienone is 2. The second kappa shape index (κ2) is 34.5. The van der Waals surface area contributed by atoms with Crippen molar-refractivity contribution in [3.8, 4) is 0 Å². The van der Waals surface area contributed by atoms with Crippen LogP contribution >= 0.6 is 0 Å². The molecule has 0 aromatic heterocycles. The average molecular weight is 634 g/mol. The Balaban J connectivity index is 5.29. The first-order chi connectivity index (χ1) is 22.1. The van der Waals surface area contributed by atoms with Gasteiger partial charge >= 0.3 is 5.97 Å². The molecule has 0 aliphatic heterocycles. The zero-order valence-electron chi connectivity index (χ0n) is 31.5. The Bertz CT molecular complexity index is 614. The van der Waals surface area contributed by atoms with Crippen LogP contribution < -0.4 is 5.90 Å². The second-order valence-electron chi connectivity index (χ2n) is 14.5. The molecule has 0 rings (SSSR count). The van der Waals surface area contributed by atoms with E-state index in [1.165, 1.54) is 173 Å². The molecule has 2 N–H and O–H groups in total. The summed E-state index contributed by atoms with van der Waals surface area (Å²) in [5.41, 5.74) is -0.398. The topological polar surface area (TPSA) is 52.3 Å². The molecule has 0 radical (unpaired) electrons. The van der Waals surface area contributed by atoms with E-state index in [1.54, 1.807) is 0 Å². The number of hydrogen-bond acceptors (Lipinski definition) is 3. The molecular weight excluding hydrogens is 550 g/mol. The van der Waals surface area contributed by atoms with Gasteiger partial charge in [-0.3, -0.25) is 0 Å². The fourth-order valence-electron chi connectivity index (χ4n) is 7.44. The summed E-state index contributed by atoms with van der Waals surface area (Å²) >= 11 is 0. The maximum atomic E-state index is 13.8. The third kappa shape index (κ3) is 24.9. The Morgan fingerprint density at radius 1 is 0.489 bits per heavy atom. The van der Waals surface area contributed by atoms with Gasteiger partial charge in [0.1, 0.15) is 0 Å². The van der Waals surface area contributed by atoms with Gasteiger partial charge in [-0.2, -0.15) is 5.90 Å². The standard InChI is InChI=1S/C42H83NO2/c1-5-9-13-17-21-22-23-24-25-26-27-29-33-37-40(36-32-28-18-14-10-6-2)42(41(44)45-43,38-34-30-19-15-11-7-3)39-35-31-20-16-12-8-4/h24-25,40H,5-23,26-39,43H2,1-4H3/b25-24-. The molecule has 0 aliphatic carbocycles. The van der Waals surface area contributed by atoms with E-state index in [2.05, 4.69) is 39.8 Å². The summed E-state index contributed by atoms with van der Waals surface area (Å²) in [4.78, 5) is 19.0. The highest BCUT2D eigenvalue weighted by Gasteiger charge is 2.45. The van der Waals surface area contributed by atoms with Crippen LogP contribution in [0, 0.1) is 11.3 Å². The van der Waals surface area contributed by atoms with E-state index >= 15 is 0 Å². The third-order valence-electron chi connectivity index (χ3n) is 10.5. The quantitative estimate of drug-likeness (QED) is 0.0424. The summed E-state index contributed by atoms with van der Waals surface area (Å²) in [6.07, 6.45) is 46.5. The van der Waals surface area contributed by atoms with Crippen LogP contribution in [0.25, 0.3) is 0 Å². The number of hydrogen-bond donors (Lipinski definition) is 1. The predicted molar refractivity (Wildman–Crippen MR) is 200 cm³/mol. The lowest BCUT2D eigenvalue weighted by molar-refractivity contribution is -0.163. The maximum Gasteiger partial charge on any atom is 0.330 e. The summed E-state index contributed by atoms with van der Waals surface area (Å²) in [6.45, 7) is 9.14. The lowest BCUT2D eigenvalue weighted by Crippen LogP contribution is -2.41. The number of rotatable bonds is 36. The Morgan fingerprint density at radius 2 is 0.800 bits per heavy atom. The van der Waals surface area contributed by atoms with Crippen molar-refractivity contribution in [1.82, 2.24) is 0 Å². The Morgan fingerprint density at radius 3 is 1.18 bits per heavy atom. The van der Waals surface area contributed by atoms with Crippen LogP contribution in [0.1, 0.15) is 240 Å². The molecule has 3 nitrogen and oxygen atoms in total. The molecular formula is C42H83NO2. The highest BCUT2D eigenvalue weighted by atomic mass is 16.7. The smallest absolute Gasteiger partial charge is 0.330 e. The average Bonchev–Trinajstić information content (AvgIpc) is 3.05. The fourth-order valence-corrected chi connectivity index (χ4v) is 7.44. The van der Waals surface area contributed by atoms with Crippen molar-refractivity contribution < 1.29 is 9.63 Å². The van der Waals surface area contributed by atoms with Crippen molar-refractivity contribution >= 4 is 5.97 Å². The maximum absolute atomic E-state index is 13.8. The van der Waals surface area contributed by atoms with Gasteiger partial charge in [-0.25, -0.2) is 4.79 Å². The number of nitrogens with two attached hydrogens (primary N) is 1. The molecule has 1 atom stereocenters. The summed E-state index contributed by atoms with van der Waals surface area (Å²) in [5, 5.41) is 0. The third-order valence-corrected chi connectivity index (χ3v) is 10.5. The van der Waals surface area contributed by atoms with Crippen LogP contribution in [0.5, 0.6) is 0 Å². The molecule has 0 saturated heterocycles. The van der Waals surface area contributed by atoms with Gasteiger partial charge in [-0.05, 0) is 57.3 Å². The highest BCUT2D eigenvalue weighted by Crippen LogP contribution is 2.45. The van der Waals surface area contributed by atoms with Gasteiger partial charge in [0.2, 0.25) is 0 Å². The lowest BCUT2D eigenvalue weighted by atomic mass is 9.65. The molecule has 0 fully saturated rings. The Kier molecular flexibility index (Phi) is 33.9. The minimum absolute atomic E-state index is 0.0989. The van der Waals surface area contributed by atoms with Crippen molar-refractivity contribution in [3.05, 3.63) is 12.2 Å². The molecule has 1 unspecified atom stereocenters. The first-order valence-corrected chi connectivity index (χ1v) is 20.7. The van der Waals surface area contributed by atoms with E-state index in [1.807, 2.05) is 0 Å². The second-order valence-corrected chi connectivity index (χ2v) is 14.5. The van der Waals surface area contributed by atoms with Crippen molar-refractivity contribution in [2.45, 2.75) is 240 Å². The molecule has 0 bridgehead atoms. The molecule has 3 heteroatoms. The van der Waals surface area contributed by atoms with Gasteiger partial charge in [0, 0.05) is 0 Å². The molecule has 0 aromatic carbocycles. The summed E-state index contributed by atoms with van der Waals surface area (Å²) in [5.74, 6) is 6.06. The molecule has 0 heterocycles. The monoisotopic (exact) mass is 634 g/mol. The van der Waals surface area contributed by atoms with Gasteiger partial charge in [0.15, 0.2) is 0 Å². The van der Waals surface area contributed by atoms with E-state index in [0.717, 1.165) is 38.5 Å². The Hall–Kier alpha value is -0.830. The summed E-state index contributed by atoms with van der Waals surface area (Å²) in [6, 6.07) is 0. The van der Waals surface area contributed by atoms with E-state index in [-0.39, 0.29) is 5.97 Å². The molecule has 0 saturated carbocycles. The molecule has 0 aliphatic rings. The Labute approximate surface area is 284 Å². The van der Waals surface area contributed by atoms with Crippen LogP contribution in [0.4, 0.5) is 0 Å². The fraction of sp³-hybridized carbons (Fsp3) is 0.929. The lowest BCUT2D eigenvalue weighted by Gasteiger charge is -2.39. The zero-order valence-corrected chi connectivity index (χ0v) is 31.5. The van der Waals surface area contributed by atoms with Crippen molar-refractivity contribution in [3.63, 3.8) is 0 Å². The minimum atomic E-state index is -0.398. The number of carbonyl (C=O) groups is 1.